The summed E-state index contributed by atoms with van der Waals surface area (Å²) in [6.07, 6.45) is 2.19. The number of aldehydes is 1. The molecule has 3 aliphatic heterocycles. The van der Waals surface area contributed by atoms with E-state index in [1.165, 1.54) is 19.1 Å². The van der Waals surface area contributed by atoms with E-state index in [0.29, 0.717) is 18.8 Å². The van der Waals surface area contributed by atoms with E-state index in [1.807, 2.05) is 20.8 Å². The minimum absolute atomic E-state index is 0.0439. The molecule has 3 heterocycles. The molecule has 13 nitrogen and oxygen atoms in total. The smallest absolute Gasteiger partial charge is 0.408 e. The van der Waals surface area contributed by atoms with E-state index in [1.54, 1.807) is 39.5 Å². The van der Waals surface area contributed by atoms with Gasteiger partial charge in [-0.05, 0) is 70.3 Å². The fraction of sp³-hybridized carbons (Fsp3) is 0.818. The van der Waals surface area contributed by atoms with Crippen LogP contribution in [0.5, 0.6) is 0 Å². The van der Waals surface area contributed by atoms with Gasteiger partial charge in [-0.25, -0.2) is 14.4 Å². The van der Waals surface area contributed by atoms with Gasteiger partial charge in [0.05, 0.1) is 20.3 Å². The SMILES string of the molecule is COC(=O)[C@@H]1C[C@@H](C)[C@@H](CC=O)N1C(=O)[C@H](NC(=O)OC(C)(C)C)C(C)C.COC(=O)[C@@H]1C[C@@H](C)[C@H]2CCN[C@H](C(C)C)C(=O)N21. The number of esters is 2. The molecule has 0 radical (unpaired) electrons. The first-order chi connectivity index (χ1) is 21.4. The van der Waals surface area contributed by atoms with E-state index in [9.17, 15) is 28.8 Å². The Kier molecular flexibility index (Phi) is 14.0. The van der Waals surface area contributed by atoms with Gasteiger partial charge in [-0.3, -0.25) is 9.59 Å². The molecule has 0 spiro atoms. The average Bonchev–Trinajstić information content (AvgIpc) is 3.40. The van der Waals surface area contributed by atoms with Crippen LogP contribution in [0, 0.1) is 23.7 Å². The Balaban J connectivity index is 0.000000339. The van der Waals surface area contributed by atoms with E-state index < -0.39 is 47.7 Å². The van der Waals surface area contributed by atoms with Gasteiger partial charge in [-0.2, -0.15) is 0 Å². The number of nitrogens with zero attached hydrogens (tertiary/aromatic N) is 2. The highest BCUT2D eigenvalue weighted by molar-refractivity contribution is 5.91. The molecule has 3 saturated heterocycles. The molecule has 0 aromatic carbocycles. The van der Waals surface area contributed by atoms with Crippen molar-refractivity contribution in [1.29, 1.82) is 0 Å². The number of carbonyl (C=O) groups excluding carboxylic acids is 6. The van der Waals surface area contributed by atoms with Crippen LogP contribution in [0.2, 0.25) is 0 Å². The summed E-state index contributed by atoms with van der Waals surface area (Å²) in [6, 6.07) is -2.51. The summed E-state index contributed by atoms with van der Waals surface area (Å²) in [6.45, 7) is 17.7. The largest absolute Gasteiger partial charge is 0.467 e. The van der Waals surface area contributed by atoms with Crippen molar-refractivity contribution in [3.8, 4) is 0 Å². The quantitative estimate of drug-likeness (QED) is 0.227. The van der Waals surface area contributed by atoms with E-state index in [4.69, 9.17) is 14.2 Å². The summed E-state index contributed by atoms with van der Waals surface area (Å²) < 4.78 is 15.0. The first-order valence-electron chi connectivity index (χ1n) is 16.4. The molecule has 0 aliphatic carbocycles. The topological polar surface area (TPSA) is 161 Å². The summed E-state index contributed by atoms with van der Waals surface area (Å²) in [7, 11) is 2.66. The number of alkyl carbamates (subject to hydrolysis) is 1. The van der Waals surface area contributed by atoms with Crippen LogP contribution < -0.4 is 10.6 Å². The molecule has 3 fully saturated rings. The third kappa shape index (κ3) is 9.42. The lowest BCUT2D eigenvalue weighted by Crippen LogP contribution is -2.56. The van der Waals surface area contributed by atoms with Crippen molar-refractivity contribution < 1.29 is 43.0 Å². The maximum atomic E-state index is 13.3. The summed E-state index contributed by atoms with van der Waals surface area (Å²) in [5, 5.41) is 5.93. The molecule has 2 N–H and O–H groups in total. The molecule has 0 unspecified atom stereocenters. The van der Waals surface area contributed by atoms with E-state index in [-0.39, 0.29) is 48.1 Å². The van der Waals surface area contributed by atoms with Gasteiger partial charge in [0.25, 0.3) is 0 Å². The summed E-state index contributed by atoms with van der Waals surface area (Å²) in [5.41, 5.74) is -0.703. The molecule has 3 rings (SSSR count). The van der Waals surface area contributed by atoms with Crippen LogP contribution in [0.1, 0.15) is 88.0 Å². The van der Waals surface area contributed by atoms with Gasteiger partial charge in [-0.1, -0.05) is 41.5 Å². The normalized spacial score (nSPS) is 28.5. The zero-order chi connectivity index (χ0) is 35.1. The lowest BCUT2D eigenvalue weighted by molar-refractivity contribution is -0.153. The number of methoxy groups -OCH3 is 2. The second-order valence-corrected chi connectivity index (χ2v) is 14.4. The average molecular weight is 653 g/mol. The number of fused-ring (bicyclic) bond motifs is 1. The van der Waals surface area contributed by atoms with Gasteiger partial charge in [-0.15, -0.1) is 0 Å². The monoisotopic (exact) mass is 652 g/mol. The molecule has 3 amide bonds. The van der Waals surface area contributed by atoms with Crippen LogP contribution in [0.15, 0.2) is 0 Å². The van der Waals surface area contributed by atoms with Crippen LogP contribution in [0.3, 0.4) is 0 Å². The molecule has 3 aliphatic rings. The first-order valence-corrected chi connectivity index (χ1v) is 16.4. The summed E-state index contributed by atoms with van der Waals surface area (Å²) in [4.78, 5) is 76.6. The number of hydrogen-bond acceptors (Lipinski definition) is 10. The Bertz CT molecular complexity index is 1110. The van der Waals surface area contributed by atoms with Crippen LogP contribution in [-0.2, 0) is 38.2 Å². The molecule has 0 aromatic rings. The summed E-state index contributed by atoms with van der Waals surface area (Å²) >= 11 is 0. The van der Waals surface area contributed by atoms with Crippen LogP contribution in [-0.4, -0.2) is 109 Å². The van der Waals surface area contributed by atoms with E-state index in [0.717, 1.165) is 19.3 Å². The Hall–Kier alpha value is -3.22. The predicted octanol–water partition coefficient (Wildman–Crippen LogP) is 2.69. The van der Waals surface area contributed by atoms with Crippen molar-refractivity contribution in [2.45, 2.75) is 130 Å². The second kappa shape index (κ2) is 16.6. The van der Waals surface area contributed by atoms with Crippen molar-refractivity contribution in [2.75, 3.05) is 20.8 Å². The lowest BCUT2D eigenvalue weighted by atomic mass is 9.98. The maximum absolute atomic E-state index is 13.3. The van der Waals surface area contributed by atoms with Crippen LogP contribution in [0.4, 0.5) is 4.79 Å². The van der Waals surface area contributed by atoms with Crippen molar-refractivity contribution in [3.05, 3.63) is 0 Å². The van der Waals surface area contributed by atoms with Gasteiger partial charge in [0.1, 0.15) is 30.0 Å². The standard InChI is InChI=1S/C19H32N2O6.C14H24N2O3/c1-11(2)15(20-18(25)27-19(4,5)6)16(23)21-13(8-9-22)12(3)10-14(21)17(24)26-7;1-8(2)12-13(17)16-10(5-6-15-12)9(3)7-11(16)14(18)19-4/h9,11-15H,8,10H2,1-7H3,(H,20,25);8-12,15H,5-7H2,1-4H3/t12-,13-,14+,15-;9-,10-,11+,12-/m11/s1. The molecule has 0 bridgehead atoms. The highest BCUT2D eigenvalue weighted by atomic mass is 16.6. The number of likely N-dealkylation sites (tertiary alicyclic amines) is 1. The van der Waals surface area contributed by atoms with E-state index >= 15 is 0 Å². The number of carbonyl (C=O) groups is 6. The third-order valence-corrected chi connectivity index (χ3v) is 9.03. The predicted molar refractivity (Wildman–Crippen MR) is 170 cm³/mol. The zero-order valence-electron chi connectivity index (χ0n) is 29.5. The number of rotatable bonds is 8. The van der Waals surface area contributed by atoms with Crippen molar-refractivity contribution in [3.63, 3.8) is 0 Å². The first kappa shape index (κ1) is 39.0. The van der Waals surface area contributed by atoms with Gasteiger partial charge < -0.3 is 39.4 Å². The number of ether oxygens (including phenoxy) is 3. The molecule has 0 aromatic heterocycles. The number of amides is 3. The maximum Gasteiger partial charge on any atom is 0.408 e. The molecule has 262 valence electrons. The highest BCUT2D eigenvalue weighted by Crippen LogP contribution is 2.35. The molecule has 0 saturated carbocycles. The van der Waals surface area contributed by atoms with Crippen molar-refractivity contribution in [1.82, 2.24) is 20.4 Å². The molecular weight excluding hydrogens is 596 g/mol. The van der Waals surface area contributed by atoms with Gasteiger partial charge in [0.15, 0.2) is 0 Å². The molecule has 46 heavy (non-hydrogen) atoms. The van der Waals surface area contributed by atoms with Gasteiger partial charge >= 0.3 is 18.0 Å². The van der Waals surface area contributed by atoms with Crippen molar-refractivity contribution >= 4 is 36.1 Å². The Morgan fingerprint density at radius 3 is 2.04 bits per heavy atom. The fourth-order valence-electron chi connectivity index (χ4n) is 6.71. The number of nitrogens with one attached hydrogen (secondary N) is 2. The minimum atomic E-state index is -0.883. The third-order valence-electron chi connectivity index (χ3n) is 9.03. The molecular formula is C33H56N4O9. The summed E-state index contributed by atoms with van der Waals surface area (Å²) in [5.74, 6) is -0.884. The van der Waals surface area contributed by atoms with Crippen LogP contribution >= 0.6 is 0 Å². The zero-order valence-corrected chi connectivity index (χ0v) is 29.5. The van der Waals surface area contributed by atoms with Gasteiger partial charge in [0.2, 0.25) is 11.8 Å². The van der Waals surface area contributed by atoms with Crippen molar-refractivity contribution in [2.24, 2.45) is 23.7 Å². The Labute approximate surface area is 273 Å². The molecule has 13 heteroatoms. The Morgan fingerprint density at radius 1 is 0.978 bits per heavy atom. The minimum Gasteiger partial charge on any atom is -0.467 e. The fourth-order valence-corrected chi connectivity index (χ4v) is 6.71. The van der Waals surface area contributed by atoms with Crippen LogP contribution in [0.25, 0.3) is 0 Å². The second-order valence-electron chi connectivity index (χ2n) is 14.4. The number of hydrogen-bond donors (Lipinski definition) is 2. The molecule has 8 atom stereocenters. The van der Waals surface area contributed by atoms with Gasteiger partial charge in [0, 0.05) is 18.5 Å². The van der Waals surface area contributed by atoms with E-state index in [2.05, 4.69) is 17.6 Å². The lowest BCUT2D eigenvalue weighted by Gasteiger charge is -2.34. The Morgan fingerprint density at radius 2 is 1.54 bits per heavy atom. The highest BCUT2D eigenvalue weighted by Gasteiger charge is 2.49.